The molecule has 0 saturated carbocycles. The molecule has 0 bridgehead atoms. The highest BCUT2D eigenvalue weighted by Gasteiger charge is 2.46. The number of nitrogens with zero attached hydrogens (tertiary/aromatic N) is 1. The summed E-state index contributed by atoms with van der Waals surface area (Å²) in [5.41, 5.74) is 0.208. The minimum atomic E-state index is -5.31. The molecule has 16 heteroatoms. The van der Waals surface area contributed by atoms with Crippen LogP contribution in [0.3, 0.4) is 0 Å². The van der Waals surface area contributed by atoms with Gasteiger partial charge in [0.05, 0.1) is 33.4 Å². The van der Waals surface area contributed by atoms with Gasteiger partial charge in [0.1, 0.15) is 11.6 Å². The van der Waals surface area contributed by atoms with E-state index >= 15 is 4.39 Å². The maximum absolute atomic E-state index is 15.3. The van der Waals surface area contributed by atoms with E-state index in [1.165, 1.54) is 39.2 Å². The van der Waals surface area contributed by atoms with Crippen LogP contribution in [0.2, 0.25) is 0 Å². The number of halogens is 4. The smallest absolute Gasteiger partial charge is 0.490 e. The lowest BCUT2D eigenvalue weighted by molar-refractivity contribution is -0.338. The zero-order valence-electron chi connectivity index (χ0n) is 27.8. The number of aryl methyl sites for hydroxylation is 1. The molecular formula is C33H39F4N3O9. The molecule has 2 atom stereocenters. The van der Waals surface area contributed by atoms with Gasteiger partial charge < -0.3 is 29.2 Å². The Balaban J connectivity index is 1.66. The van der Waals surface area contributed by atoms with E-state index in [-0.39, 0.29) is 60.9 Å². The molecule has 1 saturated heterocycles. The first kappa shape index (κ1) is 37.4. The van der Waals surface area contributed by atoms with E-state index in [9.17, 15) is 27.6 Å². The van der Waals surface area contributed by atoms with Gasteiger partial charge in [-0.2, -0.15) is 18.1 Å². The Labute approximate surface area is 280 Å². The lowest BCUT2D eigenvalue weighted by atomic mass is 9.87. The summed E-state index contributed by atoms with van der Waals surface area (Å²) in [4.78, 5) is 50.2. The molecule has 0 spiro atoms. The fourth-order valence-electron chi connectivity index (χ4n) is 5.89. The molecule has 2 aromatic rings. The lowest BCUT2D eigenvalue weighted by Crippen LogP contribution is -2.38. The summed E-state index contributed by atoms with van der Waals surface area (Å²) >= 11 is 0. The van der Waals surface area contributed by atoms with E-state index in [1.807, 2.05) is 6.92 Å². The van der Waals surface area contributed by atoms with Gasteiger partial charge in [0, 0.05) is 24.2 Å². The van der Waals surface area contributed by atoms with Crippen LogP contribution in [0, 0.1) is 11.2 Å². The van der Waals surface area contributed by atoms with E-state index in [1.54, 1.807) is 12.1 Å². The SMILES string of the molecule is CCCCc1cc(C(=O)CN2Cc3cc(OC)c(OC)c(F)c3C2=N)cc(C2(OOC(=O)C(CC)OC(=O)C(F)(F)F)CCNC2)c1OC. The number of ether oxygens (including phenoxy) is 4. The second-order valence-corrected chi connectivity index (χ2v) is 11.6. The molecule has 268 valence electrons. The largest absolute Gasteiger partial charge is 0.496 e. The Morgan fingerprint density at radius 3 is 2.35 bits per heavy atom. The predicted octanol–water partition coefficient (Wildman–Crippen LogP) is 4.77. The van der Waals surface area contributed by atoms with Crippen LogP contribution < -0.4 is 19.5 Å². The summed E-state index contributed by atoms with van der Waals surface area (Å²) in [7, 11) is 4.08. The maximum atomic E-state index is 15.3. The van der Waals surface area contributed by atoms with E-state index < -0.39 is 41.4 Å². The summed E-state index contributed by atoms with van der Waals surface area (Å²) in [6.45, 7) is 3.54. The third kappa shape index (κ3) is 7.75. The lowest BCUT2D eigenvalue weighted by Gasteiger charge is -2.30. The zero-order valence-corrected chi connectivity index (χ0v) is 27.8. The van der Waals surface area contributed by atoms with Crippen LogP contribution in [0.25, 0.3) is 0 Å². The molecule has 0 aliphatic carbocycles. The van der Waals surface area contributed by atoms with Gasteiger partial charge in [0.25, 0.3) is 0 Å². The number of benzene rings is 2. The van der Waals surface area contributed by atoms with Crippen molar-refractivity contribution in [3.63, 3.8) is 0 Å². The number of carbonyl (C=O) groups is 3. The highest BCUT2D eigenvalue weighted by atomic mass is 19.4. The standard InChI is InChI=1S/C33H39F4N3O9/c1-6-8-9-18-12-19(22(41)16-40-15-20-14-24(44-3)28(46-5)26(34)25(20)29(40)38)13-21(27(18)45-4)32(10-11-39-17-32)49-48-30(42)23(7-2)47-31(43)33(35,36)37/h12-14,23,38-39H,6-11,15-17H2,1-5H3. The van der Waals surface area contributed by atoms with Crippen LogP contribution in [0.15, 0.2) is 18.2 Å². The highest BCUT2D eigenvalue weighted by Crippen LogP contribution is 2.42. The maximum Gasteiger partial charge on any atom is 0.490 e. The normalized spacial score (nSPS) is 17.8. The zero-order chi connectivity index (χ0) is 36.1. The highest BCUT2D eigenvalue weighted by molar-refractivity contribution is 6.06. The van der Waals surface area contributed by atoms with Crippen molar-refractivity contribution in [2.75, 3.05) is 41.0 Å². The number of esters is 1. The molecule has 2 aliphatic heterocycles. The second-order valence-electron chi connectivity index (χ2n) is 11.6. The predicted molar refractivity (Wildman–Crippen MR) is 165 cm³/mol. The number of hydrogen-bond donors (Lipinski definition) is 2. The molecule has 12 nitrogen and oxygen atoms in total. The van der Waals surface area contributed by atoms with Crippen LogP contribution in [0.4, 0.5) is 17.6 Å². The van der Waals surface area contributed by atoms with Crippen LogP contribution in [0.5, 0.6) is 17.2 Å². The number of nitrogens with one attached hydrogen (secondary N) is 2. The minimum Gasteiger partial charge on any atom is -0.496 e. The minimum absolute atomic E-state index is 0.00185. The topological polar surface area (TPSA) is 146 Å². The van der Waals surface area contributed by atoms with Gasteiger partial charge >= 0.3 is 18.1 Å². The van der Waals surface area contributed by atoms with Gasteiger partial charge in [-0.05, 0) is 61.6 Å². The third-order valence-electron chi connectivity index (χ3n) is 8.44. The van der Waals surface area contributed by atoms with E-state index in [2.05, 4.69) is 10.1 Å². The first-order chi connectivity index (χ1) is 23.2. The number of hydrogen-bond acceptors (Lipinski definition) is 11. The summed E-state index contributed by atoms with van der Waals surface area (Å²) in [5, 5.41) is 11.8. The van der Waals surface area contributed by atoms with Crippen molar-refractivity contribution in [1.29, 1.82) is 5.41 Å². The Morgan fingerprint density at radius 1 is 1.06 bits per heavy atom. The molecule has 49 heavy (non-hydrogen) atoms. The van der Waals surface area contributed by atoms with Crippen molar-refractivity contribution in [2.24, 2.45) is 0 Å². The molecule has 1 fully saturated rings. The first-order valence-electron chi connectivity index (χ1n) is 15.6. The number of carbonyl (C=O) groups excluding carboxylic acids is 3. The Morgan fingerprint density at radius 2 is 1.78 bits per heavy atom. The van der Waals surface area contributed by atoms with E-state index in [0.29, 0.717) is 35.4 Å². The number of alkyl halides is 3. The molecule has 2 N–H and O–H groups in total. The van der Waals surface area contributed by atoms with E-state index in [0.717, 1.165) is 12.8 Å². The van der Waals surface area contributed by atoms with Crippen molar-refractivity contribution in [3.8, 4) is 17.2 Å². The Bertz CT molecular complexity index is 1590. The molecule has 4 rings (SSSR count). The van der Waals surface area contributed by atoms with Crippen LogP contribution >= 0.6 is 0 Å². The summed E-state index contributed by atoms with van der Waals surface area (Å²) in [5.74, 6) is -4.92. The number of Topliss-reactive ketones (excluding diaryl/α,β-unsaturated/α-hetero) is 1. The first-order valence-corrected chi connectivity index (χ1v) is 15.6. The number of unbranched alkanes of at least 4 members (excludes halogenated alkanes) is 1. The summed E-state index contributed by atoms with van der Waals surface area (Å²) < 4.78 is 74.2. The Hall–Kier alpha value is -4.44. The number of fused-ring (bicyclic) bond motifs is 1. The van der Waals surface area contributed by atoms with Crippen LogP contribution in [-0.4, -0.2) is 81.7 Å². The third-order valence-corrected chi connectivity index (χ3v) is 8.44. The Kier molecular flexibility index (Phi) is 11.8. The molecule has 2 aromatic carbocycles. The van der Waals surface area contributed by atoms with Crippen molar-refractivity contribution in [2.45, 2.75) is 70.4 Å². The van der Waals surface area contributed by atoms with Crippen molar-refractivity contribution in [3.05, 3.63) is 51.8 Å². The van der Waals surface area contributed by atoms with Crippen molar-refractivity contribution >= 4 is 23.6 Å². The summed E-state index contributed by atoms with van der Waals surface area (Å²) in [6, 6.07) is 4.76. The molecule has 2 unspecified atom stereocenters. The van der Waals surface area contributed by atoms with Crippen molar-refractivity contribution < 1.29 is 60.7 Å². The fraction of sp³-hybridized carbons (Fsp3) is 0.515. The van der Waals surface area contributed by atoms with E-state index in [4.69, 9.17) is 29.4 Å². The average molecular weight is 698 g/mol. The van der Waals surface area contributed by atoms with Gasteiger partial charge in [0.2, 0.25) is 6.10 Å². The molecule has 0 radical (unpaired) electrons. The number of rotatable bonds is 15. The molecule has 2 heterocycles. The van der Waals surface area contributed by atoms with Crippen LogP contribution in [-0.2, 0) is 42.7 Å². The second kappa shape index (κ2) is 15.4. The molecular weight excluding hydrogens is 658 g/mol. The average Bonchev–Trinajstić information content (AvgIpc) is 3.68. The number of amidine groups is 1. The molecule has 2 aliphatic rings. The fourth-order valence-corrected chi connectivity index (χ4v) is 5.89. The summed E-state index contributed by atoms with van der Waals surface area (Å²) in [6.07, 6.45) is -5.28. The van der Waals surface area contributed by atoms with Gasteiger partial charge in [-0.1, -0.05) is 20.3 Å². The van der Waals surface area contributed by atoms with Gasteiger partial charge in [-0.15, -0.1) is 0 Å². The molecule has 0 aromatic heterocycles. The number of methoxy groups -OCH3 is 3. The monoisotopic (exact) mass is 697 g/mol. The molecule has 0 amide bonds. The van der Waals surface area contributed by atoms with Crippen LogP contribution in [0.1, 0.15) is 72.1 Å². The number of ketones is 1. The van der Waals surface area contributed by atoms with Gasteiger partial charge in [-0.25, -0.2) is 14.0 Å². The van der Waals surface area contributed by atoms with Gasteiger partial charge in [-0.3, -0.25) is 15.1 Å². The van der Waals surface area contributed by atoms with Crippen molar-refractivity contribution in [1.82, 2.24) is 10.2 Å². The van der Waals surface area contributed by atoms with Gasteiger partial charge in [0.15, 0.2) is 28.7 Å². The quantitative estimate of drug-likeness (QED) is 0.0873.